The van der Waals surface area contributed by atoms with Crippen LogP contribution in [0, 0.1) is 13.8 Å². The predicted octanol–water partition coefficient (Wildman–Crippen LogP) is 2.78. The molecule has 2 aromatic heterocycles. The van der Waals surface area contributed by atoms with Gasteiger partial charge in [0.25, 0.3) is 5.89 Å². The number of nitrogens with zero attached hydrogens (tertiary/aromatic N) is 2. The lowest BCUT2D eigenvalue weighted by Gasteiger charge is -2.13. The highest BCUT2D eigenvalue weighted by Gasteiger charge is 2.34. The Kier molecular flexibility index (Phi) is 3.76. The van der Waals surface area contributed by atoms with Crippen LogP contribution in [0.5, 0.6) is 0 Å². The van der Waals surface area contributed by atoms with Gasteiger partial charge in [-0.25, -0.2) is 13.1 Å². The van der Waals surface area contributed by atoms with Gasteiger partial charge in [0.05, 0.1) is 5.56 Å². The highest BCUT2D eigenvalue weighted by molar-refractivity contribution is 7.89. The van der Waals surface area contributed by atoms with Crippen molar-refractivity contribution in [2.24, 2.45) is 0 Å². The minimum absolute atomic E-state index is 0.0159. The lowest BCUT2D eigenvalue weighted by molar-refractivity contribution is 0.506. The van der Waals surface area contributed by atoms with Gasteiger partial charge in [0, 0.05) is 23.3 Å². The Bertz CT molecular complexity index is 858. The van der Waals surface area contributed by atoms with Crippen LogP contribution in [-0.2, 0) is 10.0 Å². The summed E-state index contributed by atoms with van der Waals surface area (Å²) >= 11 is 0. The smallest absolute Gasteiger partial charge is 0.250 e. The molecule has 4 rings (SSSR count). The zero-order valence-electron chi connectivity index (χ0n) is 13.9. The van der Waals surface area contributed by atoms with E-state index < -0.39 is 10.0 Å². The maximum Gasteiger partial charge on any atom is 0.250 e. The van der Waals surface area contributed by atoms with Crippen LogP contribution >= 0.6 is 0 Å². The molecule has 130 valence electrons. The van der Waals surface area contributed by atoms with E-state index >= 15 is 0 Å². The van der Waals surface area contributed by atoms with Crippen LogP contribution in [0.1, 0.15) is 61.7 Å². The number of aromatic amines is 1. The van der Waals surface area contributed by atoms with E-state index in [2.05, 4.69) is 19.9 Å². The first-order valence-corrected chi connectivity index (χ1v) is 9.99. The van der Waals surface area contributed by atoms with Crippen molar-refractivity contribution in [1.29, 1.82) is 0 Å². The zero-order chi connectivity index (χ0) is 16.9. The van der Waals surface area contributed by atoms with Gasteiger partial charge in [-0.1, -0.05) is 12.8 Å². The zero-order valence-corrected chi connectivity index (χ0v) is 14.7. The second kappa shape index (κ2) is 5.70. The standard InChI is InChI=1S/C16H22N4O3S/c1-9-13(16-19-18-15(23-16)11-7-8-11)14(10(2)17-9)24(21,22)20-12-5-3-4-6-12/h11-12,17,20H,3-8H2,1-2H3. The molecule has 0 spiro atoms. The average molecular weight is 350 g/mol. The van der Waals surface area contributed by atoms with E-state index in [4.69, 9.17) is 4.42 Å². The van der Waals surface area contributed by atoms with Gasteiger partial charge in [0.1, 0.15) is 4.90 Å². The van der Waals surface area contributed by atoms with Gasteiger partial charge in [0.2, 0.25) is 15.9 Å². The van der Waals surface area contributed by atoms with Gasteiger partial charge in [-0.2, -0.15) is 0 Å². The molecule has 2 heterocycles. The molecule has 0 aromatic carbocycles. The first-order chi connectivity index (χ1) is 11.5. The number of hydrogen-bond donors (Lipinski definition) is 2. The van der Waals surface area contributed by atoms with E-state index in [0.717, 1.165) is 44.2 Å². The van der Waals surface area contributed by atoms with E-state index in [9.17, 15) is 8.42 Å². The van der Waals surface area contributed by atoms with Gasteiger partial charge in [0.15, 0.2) is 0 Å². The quantitative estimate of drug-likeness (QED) is 0.863. The number of aromatic nitrogens is 3. The Morgan fingerprint density at radius 2 is 1.79 bits per heavy atom. The molecule has 0 amide bonds. The molecule has 2 aliphatic rings. The highest BCUT2D eigenvalue weighted by Crippen LogP contribution is 2.41. The topological polar surface area (TPSA) is 101 Å². The Labute approximate surface area is 141 Å². The third-order valence-electron chi connectivity index (χ3n) is 4.84. The first-order valence-electron chi connectivity index (χ1n) is 8.51. The number of sulfonamides is 1. The second-order valence-corrected chi connectivity index (χ2v) is 8.55. The Hall–Kier alpha value is -1.67. The van der Waals surface area contributed by atoms with Crippen LogP contribution in [0.3, 0.4) is 0 Å². The molecule has 0 aliphatic heterocycles. The highest BCUT2D eigenvalue weighted by atomic mass is 32.2. The summed E-state index contributed by atoms with van der Waals surface area (Å²) in [5.74, 6) is 1.23. The normalized spacial score (nSPS) is 19.2. The molecule has 7 nitrogen and oxygen atoms in total. The summed E-state index contributed by atoms with van der Waals surface area (Å²) in [5, 5.41) is 8.18. The molecule has 0 atom stereocenters. The van der Waals surface area contributed by atoms with Gasteiger partial charge in [-0.3, -0.25) is 0 Å². The van der Waals surface area contributed by atoms with Crippen molar-refractivity contribution in [2.75, 3.05) is 0 Å². The molecule has 2 aliphatic carbocycles. The maximum absolute atomic E-state index is 12.9. The molecule has 0 saturated heterocycles. The van der Waals surface area contributed by atoms with Crippen LogP contribution in [0.2, 0.25) is 0 Å². The molecule has 2 aromatic rings. The van der Waals surface area contributed by atoms with Crippen LogP contribution in [0.4, 0.5) is 0 Å². The lowest BCUT2D eigenvalue weighted by atomic mass is 10.2. The van der Waals surface area contributed by atoms with Crippen LogP contribution < -0.4 is 4.72 Å². The molecule has 8 heteroatoms. The SMILES string of the molecule is Cc1[nH]c(C)c(S(=O)(=O)NC2CCCC2)c1-c1nnc(C2CC2)o1. The van der Waals surface area contributed by atoms with Crippen LogP contribution in [0.25, 0.3) is 11.5 Å². The van der Waals surface area contributed by atoms with Crippen LogP contribution in [-0.4, -0.2) is 29.6 Å². The van der Waals surface area contributed by atoms with Gasteiger partial charge in [-0.15, -0.1) is 10.2 Å². The van der Waals surface area contributed by atoms with Crippen molar-refractivity contribution in [3.05, 3.63) is 17.3 Å². The lowest BCUT2D eigenvalue weighted by Crippen LogP contribution is -2.33. The molecule has 2 N–H and O–H groups in total. The fraction of sp³-hybridized carbons (Fsp3) is 0.625. The second-order valence-electron chi connectivity index (χ2n) is 6.90. The monoisotopic (exact) mass is 350 g/mol. The van der Waals surface area contributed by atoms with Crippen molar-refractivity contribution in [2.45, 2.75) is 69.2 Å². The van der Waals surface area contributed by atoms with Gasteiger partial charge < -0.3 is 9.40 Å². The van der Waals surface area contributed by atoms with Crippen molar-refractivity contribution >= 4 is 10.0 Å². The Morgan fingerprint density at radius 3 is 2.46 bits per heavy atom. The molecule has 0 bridgehead atoms. The summed E-state index contributed by atoms with van der Waals surface area (Å²) < 4.78 is 34.5. The molecule has 2 fully saturated rings. The average Bonchev–Trinajstić information content (AvgIpc) is 2.93. The molecule has 0 unspecified atom stereocenters. The number of hydrogen-bond acceptors (Lipinski definition) is 5. The van der Waals surface area contributed by atoms with E-state index in [-0.39, 0.29) is 16.8 Å². The summed E-state index contributed by atoms with van der Waals surface area (Å²) in [4.78, 5) is 3.35. The molecule has 2 saturated carbocycles. The molecular weight excluding hydrogens is 328 g/mol. The predicted molar refractivity (Wildman–Crippen MR) is 88.1 cm³/mol. The van der Waals surface area contributed by atoms with Crippen LogP contribution in [0.15, 0.2) is 9.31 Å². The van der Waals surface area contributed by atoms with Crippen molar-refractivity contribution < 1.29 is 12.8 Å². The van der Waals surface area contributed by atoms with E-state index in [1.54, 1.807) is 6.92 Å². The fourth-order valence-electron chi connectivity index (χ4n) is 3.50. The minimum Gasteiger partial charge on any atom is -0.420 e. The Balaban J connectivity index is 1.74. The minimum atomic E-state index is -3.64. The number of H-pyrrole nitrogens is 1. The fourth-order valence-corrected chi connectivity index (χ4v) is 5.26. The van der Waals surface area contributed by atoms with E-state index in [1.807, 2.05) is 6.92 Å². The van der Waals surface area contributed by atoms with Crippen molar-refractivity contribution in [3.8, 4) is 11.5 Å². The summed E-state index contributed by atoms with van der Waals surface area (Å²) in [6, 6.07) is 0.0159. The van der Waals surface area contributed by atoms with Gasteiger partial charge >= 0.3 is 0 Å². The Morgan fingerprint density at radius 1 is 1.08 bits per heavy atom. The number of aryl methyl sites for hydroxylation is 2. The largest absolute Gasteiger partial charge is 0.420 e. The number of rotatable bonds is 5. The maximum atomic E-state index is 12.9. The molecule has 0 radical (unpaired) electrons. The summed E-state index contributed by atoms with van der Waals surface area (Å²) in [5.41, 5.74) is 1.82. The van der Waals surface area contributed by atoms with E-state index in [0.29, 0.717) is 23.1 Å². The van der Waals surface area contributed by atoms with Gasteiger partial charge in [-0.05, 0) is 39.5 Å². The third-order valence-corrected chi connectivity index (χ3v) is 6.54. The summed E-state index contributed by atoms with van der Waals surface area (Å²) in [7, 11) is -3.64. The molecule has 24 heavy (non-hydrogen) atoms. The first kappa shape index (κ1) is 15.8. The summed E-state index contributed by atoms with van der Waals surface area (Å²) in [6.45, 7) is 3.59. The molecular formula is C16H22N4O3S. The van der Waals surface area contributed by atoms with Crippen molar-refractivity contribution in [3.63, 3.8) is 0 Å². The summed E-state index contributed by atoms with van der Waals surface area (Å²) in [6.07, 6.45) is 6.04. The van der Waals surface area contributed by atoms with E-state index in [1.165, 1.54) is 0 Å². The van der Waals surface area contributed by atoms with Crippen molar-refractivity contribution in [1.82, 2.24) is 19.9 Å². The number of nitrogens with one attached hydrogen (secondary N) is 2. The third kappa shape index (κ3) is 2.77.